The molecule has 9 heteroatoms. The lowest BCUT2D eigenvalue weighted by Crippen LogP contribution is -2.27. The van der Waals surface area contributed by atoms with E-state index in [1.807, 2.05) is 0 Å². The highest BCUT2D eigenvalue weighted by Gasteiger charge is 2.09. The molecule has 0 radical (unpaired) electrons. The summed E-state index contributed by atoms with van der Waals surface area (Å²) in [7, 11) is -3.68. The number of carbonyl (C=O) groups excluding carboxylic acids is 1. The van der Waals surface area contributed by atoms with Crippen LogP contribution in [-0.2, 0) is 27.7 Å². The third kappa shape index (κ3) is 4.64. The summed E-state index contributed by atoms with van der Waals surface area (Å²) in [5, 5.41) is 11.4. The van der Waals surface area contributed by atoms with Gasteiger partial charge in [-0.05, 0) is 24.1 Å². The number of rotatable bonds is 6. The number of primary sulfonamides is 1. The van der Waals surface area contributed by atoms with Gasteiger partial charge in [-0.2, -0.15) is 4.98 Å². The summed E-state index contributed by atoms with van der Waals surface area (Å²) in [6, 6.07) is 6.20. The number of aryl methyl sites for hydroxylation is 1. The number of hydrogen-bond donors (Lipinski definition) is 2. The maximum absolute atomic E-state index is 11.7. The Balaban J connectivity index is 1.79. The van der Waals surface area contributed by atoms with E-state index in [-0.39, 0.29) is 17.2 Å². The molecule has 0 bridgehead atoms. The summed E-state index contributed by atoms with van der Waals surface area (Å²) in [5.41, 5.74) is 0.892. The fourth-order valence-electron chi connectivity index (χ4n) is 1.81. The van der Waals surface area contributed by atoms with Crippen molar-refractivity contribution in [1.29, 1.82) is 0 Å². The Bertz CT molecular complexity index is 753. The highest BCUT2D eigenvalue weighted by atomic mass is 32.2. The summed E-state index contributed by atoms with van der Waals surface area (Å²) in [5.74, 6) is 0.548. The number of nitrogens with one attached hydrogen (secondary N) is 1. The van der Waals surface area contributed by atoms with Crippen molar-refractivity contribution < 1.29 is 17.7 Å². The Kier molecular flexibility index (Phi) is 4.88. The Morgan fingerprint density at radius 2 is 2.00 bits per heavy atom. The average Bonchev–Trinajstić information content (AvgIpc) is 2.83. The van der Waals surface area contributed by atoms with Gasteiger partial charge in [0, 0.05) is 13.5 Å². The van der Waals surface area contributed by atoms with Gasteiger partial charge in [-0.25, -0.2) is 13.6 Å². The molecule has 3 N–H and O–H groups in total. The molecule has 0 aliphatic rings. The highest BCUT2D eigenvalue weighted by molar-refractivity contribution is 7.89. The van der Waals surface area contributed by atoms with E-state index < -0.39 is 10.0 Å². The molecule has 0 aliphatic heterocycles. The molecule has 1 amide bonds. The summed E-state index contributed by atoms with van der Waals surface area (Å²) >= 11 is 0. The van der Waals surface area contributed by atoms with Crippen molar-refractivity contribution in [1.82, 2.24) is 15.5 Å². The molecule has 0 fully saturated rings. The molecule has 0 aliphatic carbocycles. The molecule has 1 heterocycles. The molecule has 118 valence electrons. The number of hydrogen-bond acceptors (Lipinski definition) is 6. The largest absolute Gasteiger partial charge is 0.355 e. The standard InChI is InChI=1S/C13H16N4O4S/c1-9-16-12(17-21-9)8-13(18)15-7-6-10-2-4-11(5-3-10)22(14,19)20/h2-5H,6-8H2,1H3,(H,15,18)(H2,14,19,20). The Morgan fingerprint density at radius 1 is 1.32 bits per heavy atom. The molecule has 1 aromatic carbocycles. The van der Waals surface area contributed by atoms with Crippen LogP contribution in [0.5, 0.6) is 0 Å². The minimum Gasteiger partial charge on any atom is -0.355 e. The normalized spacial score (nSPS) is 11.4. The van der Waals surface area contributed by atoms with Gasteiger partial charge in [-0.1, -0.05) is 17.3 Å². The first kappa shape index (κ1) is 16.1. The number of amides is 1. The van der Waals surface area contributed by atoms with E-state index in [1.54, 1.807) is 19.1 Å². The fraction of sp³-hybridized carbons (Fsp3) is 0.308. The maximum Gasteiger partial charge on any atom is 0.238 e. The minimum absolute atomic E-state index is 0.0572. The summed E-state index contributed by atoms with van der Waals surface area (Å²) in [6.07, 6.45) is 0.629. The van der Waals surface area contributed by atoms with Crippen LogP contribution in [0.3, 0.4) is 0 Å². The molecule has 0 saturated heterocycles. The zero-order chi connectivity index (χ0) is 16.2. The van der Waals surface area contributed by atoms with Crippen molar-refractivity contribution in [3.63, 3.8) is 0 Å². The predicted octanol–water partition coefficient (Wildman–Crippen LogP) is -0.0732. The van der Waals surface area contributed by atoms with E-state index in [9.17, 15) is 13.2 Å². The number of aromatic nitrogens is 2. The summed E-state index contributed by atoms with van der Waals surface area (Å²) in [6.45, 7) is 2.07. The van der Waals surface area contributed by atoms with Gasteiger partial charge < -0.3 is 9.84 Å². The van der Waals surface area contributed by atoms with Crippen LogP contribution in [0.4, 0.5) is 0 Å². The van der Waals surface area contributed by atoms with Crippen molar-refractivity contribution >= 4 is 15.9 Å². The van der Waals surface area contributed by atoms with Crippen LogP contribution in [0.15, 0.2) is 33.7 Å². The molecule has 2 aromatic rings. The molecule has 0 saturated carbocycles. The molecule has 2 rings (SSSR count). The third-order valence-corrected chi connectivity index (χ3v) is 3.81. The number of nitrogens with two attached hydrogens (primary N) is 1. The van der Waals surface area contributed by atoms with Gasteiger partial charge in [0.15, 0.2) is 5.82 Å². The number of carbonyl (C=O) groups is 1. The van der Waals surface area contributed by atoms with E-state index in [0.717, 1.165) is 5.56 Å². The van der Waals surface area contributed by atoms with Gasteiger partial charge in [-0.15, -0.1) is 0 Å². The summed E-state index contributed by atoms with van der Waals surface area (Å²) < 4.78 is 27.0. The van der Waals surface area contributed by atoms with Gasteiger partial charge in [0.2, 0.25) is 21.8 Å². The van der Waals surface area contributed by atoms with E-state index >= 15 is 0 Å². The van der Waals surface area contributed by atoms with Crippen molar-refractivity contribution in [3.8, 4) is 0 Å². The van der Waals surface area contributed by atoms with Gasteiger partial charge in [0.25, 0.3) is 0 Å². The zero-order valence-corrected chi connectivity index (χ0v) is 12.8. The van der Waals surface area contributed by atoms with E-state index in [1.165, 1.54) is 12.1 Å². The lowest BCUT2D eigenvalue weighted by Gasteiger charge is -2.05. The molecule has 0 atom stereocenters. The van der Waals surface area contributed by atoms with Crippen molar-refractivity contribution in [2.24, 2.45) is 5.14 Å². The molecule has 22 heavy (non-hydrogen) atoms. The lowest BCUT2D eigenvalue weighted by molar-refractivity contribution is -0.120. The lowest BCUT2D eigenvalue weighted by atomic mass is 10.1. The summed E-state index contributed by atoms with van der Waals surface area (Å²) in [4.78, 5) is 15.7. The van der Waals surface area contributed by atoms with E-state index in [0.29, 0.717) is 24.7 Å². The zero-order valence-electron chi connectivity index (χ0n) is 11.9. The van der Waals surface area contributed by atoms with Crippen LogP contribution in [0, 0.1) is 6.92 Å². The first-order valence-electron chi connectivity index (χ1n) is 6.52. The molecule has 8 nitrogen and oxygen atoms in total. The molecule has 0 unspecified atom stereocenters. The first-order valence-corrected chi connectivity index (χ1v) is 8.07. The van der Waals surface area contributed by atoms with E-state index in [2.05, 4.69) is 15.5 Å². The smallest absolute Gasteiger partial charge is 0.238 e. The Labute approximate surface area is 127 Å². The third-order valence-electron chi connectivity index (χ3n) is 2.88. The van der Waals surface area contributed by atoms with Crippen molar-refractivity contribution in [3.05, 3.63) is 41.5 Å². The number of sulfonamides is 1. The van der Waals surface area contributed by atoms with Crippen molar-refractivity contribution in [2.45, 2.75) is 24.7 Å². The maximum atomic E-state index is 11.7. The topological polar surface area (TPSA) is 128 Å². The SMILES string of the molecule is Cc1nc(CC(=O)NCCc2ccc(S(N)(=O)=O)cc2)no1. The molecular formula is C13H16N4O4S. The van der Waals surface area contributed by atoms with Crippen LogP contribution in [0.2, 0.25) is 0 Å². The minimum atomic E-state index is -3.68. The Morgan fingerprint density at radius 3 is 2.55 bits per heavy atom. The second-order valence-electron chi connectivity index (χ2n) is 4.70. The quantitative estimate of drug-likeness (QED) is 0.765. The van der Waals surface area contributed by atoms with Crippen LogP contribution >= 0.6 is 0 Å². The molecule has 0 spiro atoms. The second-order valence-corrected chi connectivity index (χ2v) is 6.26. The molecular weight excluding hydrogens is 308 g/mol. The first-order chi connectivity index (χ1) is 10.3. The van der Waals surface area contributed by atoms with Crippen molar-refractivity contribution in [2.75, 3.05) is 6.54 Å². The fourth-order valence-corrected chi connectivity index (χ4v) is 2.33. The monoisotopic (exact) mass is 324 g/mol. The Hall–Kier alpha value is -2.26. The van der Waals surface area contributed by atoms with Gasteiger partial charge in [-0.3, -0.25) is 4.79 Å². The van der Waals surface area contributed by atoms with Crippen LogP contribution in [0.1, 0.15) is 17.3 Å². The highest BCUT2D eigenvalue weighted by Crippen LogP contribution is 2.08. The second kappa shape index (κ2) is 6.67. The van der Waals surface area contributed by atoms with E-state index in [4.69, 9.17) is 9.66 Å². The average molecular weight is 324 g/mol. The van der Waals surface area contributed by atoms with Crippen LogP contribution in [-0.4, -0.2) is 31.0 Å². The molecule has 1 aromatic heterocycles. The van der Waals surface area contributed by atoms with Gasteiger partial charge in [0.05, 0.1) is 11.3 Å². The number of nitrogens with zero attached hydrogens (tertiary/aromatic N) is 2. The van der Waals surface area contributed by atoms with Gasteiger partial charge >= 0.3 is 0 Å². The predicted molar refractivity (Wildman–Crippen MR) is 77.3 cm³/mol. The van der Waals surface area contributed by atoms with Crippen LogP contribution < -0.4 is 10.5 Å². The number of benzene rings is 1. The van der Waals surface area contributed by atoms with Crippen LogP contribution in [0.25, 0.3) is 0 Å². The van der Waals surface area contributed by atoms with Gasteiger partial charge in [0.1, 0.15) is 0 Å².